The van der Waals surface area contributed by atoms with Crippen LogP contribution in [0.4, 0.5) is 5.82 Å². The summed E-state index contributed by atoms with van der Waals surface area (Å²) in [4.78, 5) is 2.06. The molecule has 1 atom stereocenters. The molecule has 1 aromatic carbocycles. The van der Waals surface area contributed by atoms with Crippen LogP contribution in [-0.2, 0) is 0 Å². The molecule has 2 aromatic rings. The van der Waals surface area contributed by atoms with Crippen LogP contribution in [0.25, 0.3) is 0 Å². The van der Waals surface area contributed by atoms with Crippen LogP contribution in [0, 0.1) is 25.2 Å². The molecule has 0 saturated carbocycles. The second-order valence-electron chi connectivity index (χ2n) is 5.65. The van der Waals surface area contributed by atoms with Crippen LogP contribution in [0.1, 0.15) is 23.2 Å². The van der Waals surface area contributed by atoms with E-state index < -0.39 is 0 Å². The Morgan fingerprint density at radius 3 is 2.91 bits per heavy atom. The van der Waals surface area contributed by atoms with Gasteiger partial charge in [0, 0.05) is 18.0 Å². The van der Waals surface area contributed by atoms with E-state index in [9.17, 15) is 5.26 Å². The summed E-state index contributed by atoms with van der Waals surface area (Å²) in [5.74, 6) is 1.41. The van der Waals surface area contributed by atoms with Crippen molar-refractivity contribution in [1.29, 1.82) is 5.26 Å². The van der Waals surface area contributed by atoms with Crippen molar-refractivity contribution in [2.45, 2.75) is 26.4 Å². The lowest BCUT2D eigenvalue weighted by Crippen LogP contribution is -2.26. The largest absolute Gasteiger partial charge is 0.488 e. The molecule has 0 spiro atoms. The number of hydrogen-bond acceptors (Lipinski definition) is 5. The summed E-state index contributed by atoms with van der Waals surface area (Å²) in [6.07, 6.45) is 0.912. The van der Waals surface area contributed by atoms with E-state index in [2.05, 4.69) is 21.2 Å². The minimum Gasteiger partial charge on any atom is -0.488 e. The zero-order valence-electron chi connectivity index (χ0n) is 13.1. The molecule has 1 unspecified atom stereocenters. The summed E-state index contributed by atoms with van der Waals surface area (Å²) < 4.78 is 5.98. The molecular weight excluding hydrogens is 312 g/mol. The molecule has 1 aliphatic rings. The summed E-state index contributed by atoms with van der Waals surface area (Å²) in [6.45, 7) is 5.24. The average molecular weight is 329 g/mol. The molecule has 118 valence electrons. The van der Waals surface area contributed by atoms with Crippen molar-refractivity contribution in [3.8, 4) is 11.8 Å². The summed E-state index contributed by atoms with van der Waals surface area (Å²) in [7, 11) is 0. The highest BCUT2D eigenvalue weighted by Gasteiger charge is 2.28. The first-order valence-electron chi connectivity index (χ1n) is 7.49. The SMILES string of the molecule is Cc1nnc(N2CCC(Oc3cccc(Cl)c3)C2)c(C#N)c1C. The van der Waals surface area contributed by atoms with Gasteiger partial charge in [-0.1, -0.05) is 17.7 Å². The number of aryl methyl sites for hydroxylation is 1. The van der Waals surface area contributed by atoms with Gasteiger partial charge in [-0.25, -0.2) is 0 Å². The van der Waals surface area contributed by atoms with Crippen LogP contribution >= 0.6 is 11.6 Å². The Bertz CT molecular complexity index is 772. The Morgan fingerprint density at radius 2 is 2.17 bits per heavy atom. The third kappa shape index (κ3) is 3.22. The molecule has 23 heavy (non-hydrogen) atoms. The molecule has 0 radical (unpaired) electrons. The molecular formula is C17H17ClN4O. The molecule has 0 N–H and O–H groups in total. The van der Waals surface area contributed by atoms with Gasteiger partial charge < -0.3 is 9.64 Å². The molecule has 5 nitrogen and oxygen atoms in total. The topological polar surface area (TPSA) is 62.0 Å². The summed E-state index contributed by atoms with van der Waals surface area (Å²) in [5.41, 5.74) is 2.27. The van der Waals surface area contributed by atoms with Crippen LogP contribution in [-0.4, -0.2) is 29.4 Å². The maximum Gasteiger partial charge on any atom is 0.169 e. The Labute approximate surface area is 140 Å². The summed E-state index contributed by atoms with van der Waals surface area (Å²) in [5, 5.41) is 18.5. The molecule has 2 heterocycles. The quantitative estimate of drug-likeness (QED) is 0.865. The number of hydrogen-bond donors (Lipinski definition) is 0. The van der Waals surface area contributed by atoms with Gasteiger partial charge in [-0.3, -0.25) is 0 Å². The molecule has 1 fully saturated rings. The number of rotatable bonds is 3. The average Bonchev–Trinajstić information content (AvgIpc) is 2.98. The molecule has 0 aliphatic carbocycles. The molecule has 1 aromatic heterocycles. The lowest BCUT2D eigenvalue weighted by molar-refractivity contribution is 0.225. The summed E-state index contributed by atoms with van der Waals surface area (Å²) in [6, 6.07) is 9.64. The fraction of sp³-hybridized carbons (Fsp3) is 0.353. The number of ether oxygens (including phenoxy) is 1. The van der Waals surface area contributed by atoms with Gasteiger partial charge >= 0.3 is 0 Å². The van der Waals surface area contributed by atoms with Crippen LogP contribution < -0.4 is 9.64 Å². The van der Waals surface area contributed by atoms with Gasteiger partial charge in [0.25, 0.3) is 0 Å². The Hall–Kier alpha value is -2.32. The van der Waals surface area contributed by atoms with Crippen molar-refractivity contribution in [3.63, 3.8) is 0 Å². The van der Waals surface area contributed by atoms with Crippen LogP contribution in [0.3, 0.4) is 0 Å². The number of halogens is 1. The molecule has 3 rings (SSSR count). The van der Waals surface area contributed by atoms with Gasteiger partial charge in [-0.05, 0) is 37.6 Å². The minimum absolute atomic E-state index is 0.0448. The highest BCUT2D eigenvalue weighted by atomic mass is 35.5. The van der Waals surface area contributed by atoms with E-state index in [0.29, 0.717) is 22.9 Å². The predicted octanol–water partition coefficient (Wildman–Crippen LogP) is 3.28. The summed E-state index contributed by atoms with van der Waals surface area (Å²) >= 11 is 5.98. The van der Waals surface area contributed by atoms with Gasteiger partial charge in [0.15, 0.2) is 5.82 Å². The lowest BCUT2D eigenvalue weighted by atomic mass is 10.1. The van der Waals surface area contributed by atoms with Gasteiger partial charge in [0.1, 0.15) is 23.5 Å². The lowest BCUT2D eigenvalue weighted by Gasteiger charge is -2.19. The highest BCUT2D eigenvalue weighted by Crippen LogP contribution is 2.27. The smallest absolute Gasteiger partial charge is 0.169 e. The van der Waals surface area contributed by atoms with E-state index in [1.54, 1.807) is 6.07 Å². The van der Waals surface area contributed by atoms with Crippen molar-refractivity contribution in [1.82, 2.24) is 10.2 Å². The monoisotopic (exact) mass is 328 g/mol. The fourth-order valence-corrected chi connectivity index (χ4v) is 2.88. The van der Waals surface area contributed by atoms with E-state index in [1.807, 2.05) is 32.0 Å². The van der Waals surface area contributed by atoms with E-state index in [-0.39, 0.29) is 6.10 Å². The van der Waals surface area contributed by atoms with E-state index in [1.165, 1.54) is 0 Å². The van der Waals surface area contributed by atoms with Crippen molar-refractivity contribution in [3.05, 3.63) is 46.1 Å². The first-order valence-corrected chi connectivity index (χ1v) is 7.87. The zero-order valence-corrected chi connectivity index (χ0v) is 13.8. The van der Waals surface area contributed by atoms with E-state index in [4.69, 9.17) is 16.3 Å². The highest BCUT2D eigenvalue weighted by molar-refractivity contribution is 6.30. The number of aromatic nitrogens is 2. The number of nitriles is 1. The number of benzene rings is 1. The first kappa shape index (κ1) is 15.6. The maximum absolute atomic E-state index is 9.43. The normalized spacial score (nSPS) is 17.1. The second-order valence-corrected chi connectivity index (χ2v) is 6.09. The van der Waals surface area contributed by atoms with Crippen molar-refractivity contribution < 1.29 is 4.74 Å². The molecule has 1 saturated heterocycles. The van der Waals surface area contributed by atoms with Crippen LogP contribution in [0.15, 0.2) is 24.3 Å². The van der Waals surface area contributed by atoms with Crippen LogP contribution in [0.2, 0.25) is 5.02 Å². The van der Waals surface area contributed by atoms with Crippen molar-refractivity contribution in [2.24, 2.45) is 0 Å². The zero-order chi connectivity index (χ0) is 16.4. The van der Waals surface area contributed by atoms with E-state index >= 15 is 0 Å². The molecule has 6 heteroatoms. The van der Waals surface area contributed by atoms with Gasteiger partial charge in [-0.15, -0.1) is 5.10 Å². The predicted molar refractivity (Wildman–Crippen MR) is 88.9 cm³/mol. The van der Waals surface area contributed by atoms with Crippen molar-refractivity contribution in [2.75, 3.05) is 18.0 Å². The number of anilines is 1. The first-order chi connectivity index (χ1) is 11.1. The molecule has 0 bridgehead atoms. The Kier molecular flexibility index (Phi) is 4.35. The fourth-order valence-electron chi connectivity index (χ4n) is 2.70. The van der Waals surface area contributed by atoms with Gasteiger partial charge in [0.05, 0.1) is 12.2 Å². The molecule has 1 aliphatic heterocycles. The molecule has 0 amide bonds. The third-order valence-corrected chi connectivity index (χ3v) is 4.33. The van der Waals surface area contributed by atoms with Gasteiger partial charge in [-0.2, -0.15) is 10.4 Å². The van der Waals surface area contributed by atoms with Crippen molar-refractivity contribution >= 4 is 17.4 Å². The minimum atomic E-state index is 0.0448. The van der Waals surface area contributed by atoms with E-state index in [0.717, 1.165) is 30.0 Å². The maximum atomic E-state index is 9.43. The third-order valence-electron chi connectivity index (χ3n) is 4.09. The Morgan fingerprint density at radius 1 is 1.35 bits per heavy atom. The van der Waals surface area contributed by atoms with Gasteiger partial charge in [0.2, 0.25) is 0 Å². The van der Waals surface area contributed by atoms with Crippen LogP contribution in [0.5, 0.6) is 5.75 Å². The number of nitrogens with zero attached hydrogens (tertiary/aromatic N) is 4. The Balaban J connectivity index is 1.76. The second kappa shape index (κ2) is 6.43. The standard InChI is InChI=1S/C17H17ClN4O/c1-11-12(2)20-21-17(16(11)9-19)22-7-6-15(10-22)23-14-5-3-4-13(18)8-14/h3-5,8,15H,6-7,10H2,1-2H3.